The highest BCUT2D eigenvalue weighted by Gasteiger charge is 2.13. The van der Waals surface area contributed by atoms with Gasteiger partial charge in [-0.3, -0.25) is 4.79 Å². The van der Waals surface area contributed by atoms with E-state index in [-0.39, 0.29) is 5.91 Å². The fourth-order valence-corrected chi connectivity index (χ4v) is 3.75. The normalized spacial score (nSPS) is 11.2. The van der Waals surface area contributed by atoms with Crippen LogP contribution in [-0.2, 0) is 23.0 Å². The maximum Gasteiger partial charge on any atom is 0.261 e. The molecule has 0 saturated heterocycles. The first-order valence-electron chi connectivity index (χ1n) is 7.85. The number of carbonyl (C=O) groups excluding carboxylic acids is 1. The molecule has 1 heterocycles. The lowest BCUT2D eigenvalue weighted by molar-refractivity contribution is 0.0954. The Morgan fingerprint density at radius 3 is 2.58 bits per heavy atom. The Morgan fingerprint density at radius 2 is 1.92 bits per heavy atom. The van der Waals surface area contributed by atoms with Crippen LogP contribution in [-0.4, -0.2) is 41.3 Å². The summed E-state index contributed by atoms with van der Waals surface area (Å²) in [6.45, 7) is 0.615. The molecule has 142 valence electrons. The van der Waals surface area contributed by atoms with Gasteiger partial charge in [0.25, 0.3) is 5.91 Å². The Kier molecular flexibility index (Phi) is 7.01. The van der Waals surface area contributed by atoms with Crippen LogP contribution in [0.25, 0.3) is 0 Å². The van der Waals surface area contributed by atoms with Gasteiger partial charge in [-0.1, -0.05) is 12.1 Å². The molecule has 0 saturated carbocycles. The molecule has 0 fully saturated rings. The molecular formula is C17H22N2O5S2. The molecule has 0 aliphatic carbocycles. The van der Waals surface area contributed by atoms with E-state index >= 15 is 0 Å². The average molecular weight is 399 g/mol. The lowest BCUT2D eigenvalue weighted by Crippen LogP contribution is -2.24. The van der Waals surface area contributed by atoms with Gasteiger partial charge in [-0.25, -0.2) is 13.1 Å². The van der Waals surface area contributed by atoms with Gasteiger partial charge in [0.05, 0.1) is 25.4 Å². The molecule has 0 spiro atoms. The van der Waals surface area contributed by atoms with Gasteiger partial charge in [-0.2, -0.15) is 0 Å². The summed E-state index contributed by atoms with van der Waals surface area (Å²) in [7, 11) is -0.0859. The molecule has 1 amide bonds. The number of thiophene rings is 1. The van der Waals surface area contributed by atoms with Crippen LogP contribution in [0.3, 0.4) is 0 Å². The zero-order valence-electron chi connectivity index (χ0n) is 14.9. The first kappa shape index (κ1) is 20.2. The Morgan fingerprint density at radius 1 is 1.15 bits per heavy atom. The van der Waals surface area contributed by atoms with Crippen LogP contribution in [0.2, 0.25) is 0 Å². The number of nitrogens with one attached hydrogen (secondary N) is 2. The summed E-state index contributed by atoms with van der Waals surface area (Å²) in [6.07, 6.45) is 1.65. The molecule has 0 aliphatic heterocycles. The molecule has 0 bridgehead atoms. The monoisotopic (exact) mass is 398 g/mol. The predicted molar refractivity (Wildman–Crippen MR) is 102 cm³/mol. The van der Waals surface area contributed by atoms with E-state index < -0.39 is 10.0 Å². The maximum absolute atomic E-state index is 12.3. The van der Waals surface area contributed by atoms with Crippen molar-refractivity contribution in [2.45, 2.75) is 13.0 Å². The van der Waals surface area contributed by atoms with Crippen LogP contribution in [0.1, 0.15) is 20.1 Å². The highest BCUT2D eigenvalue weighted by molar-refractivity contribution is 7.88. The van der Waals surface area contributed by atoms with Crippen molar-refractivity contribution in [3.05, 3.63) is 45.6 Å². The van der Waals surface area contributed by atoms with Gasteiger partial charge in [0.1, 0.15) is 0 Å². The number of hydrogen-bond donors (Lipinski definition) is 2. The van der Waals surface area contributed by atoms with Gasteiger partial charge in [0, 0.05) is 23.5 Å². The Hall–Kier alpha value is -2.10. The molecule has 26 heavy (non-hydrogen) atoms. The number of amides is 1. The number of sulfonamides is 1. The quantitative estimate of drug-likeness (QED) is 0.672. The summed E-state index contributed by atoms with van der Waals surface area (Å²) >= 11 is 1.34. The average Bonchev–Trinajstić information content (AvgIpc) is 3.07. The minimum Gasteiger partial charge on any atom is -0.493 e. The molecule has 0 aliphatic rings. The van der Waals surface area contributed by atoms with Gasteiger partial charge in [0.2, 0.25) is 10.0 Å². The van der Waals surface area contributed by atoms with E-state index in [1.54, 1.807) is 26.4 Å². The summed E-state index contributed by atoms with van der Waals surface area (Å²) in [4.78, 5) is 13.8. The van der Waals surface area contributed by atoms with Gasteiger partial charge >= 0.3 is 0 Å². The van der Waals surface area contributed by atoms with Crippen molar-refractivity contribution in [1.29, 1.82) is 0 Å². The Balaban J connectivity index is 1.95. The Labute approximate surface area is 157 Å². The molecule has 2 rings (SSSR count). The SMILES string of the molecule is COc1cccc(CNC(=O)c2ccc(CCNS(C)(=O)=O)s2)c1OC. The lowest BCUT2D eigenvalue weighted by atomic mass is 10.2. The highest BCUT2D eigenvalue weighted by atomic mass is 32.2. The third-order valence-electron chi connectivity index (χ3n) is 3.54. The summed E-state index contributed by atoms with van der Waals surface area (Å²) in [5.41, 5.74) is 0.814. The molecular weight excluding hydrogens is 376 g/mol. The topological polar surface area (TPSA) is 93.7 Å². The number of hydrogen-bond acceptors (Lipinski definition) is 6. The molecule has 0 atom stereocenters. The molecule has 0 radical (unpaired) electrons. The summed E-state index contributed by atoms with van der Waals surface area (Å²) < 4.78 is 35.2. The van der Waals surface area contributed by atoms with Gasteiger partial charge in [-0.15, -0.1) is 11.3 Å². The molecule has 0 unspecified atom stereocenters. The maximum atomic E-state index is 12.3. The number of ether oxygens (including phenoxy) is 2. The number of para-hydroxylation sites is 1. The second-order valence-corrected chi connectivity index (χ2v) is 8.52. The molecule has 1 aromatic carbocycles. The van der Waals surface area contributed by atoms with Gasteiger partial charge in [0.15, 0.2) is 11.5 Å². The van der Waals surface area contributed by atoms with Crippen molar-refractivity contribution in [2.75, 3.05) is 27.0 Å². The second kappa shape index (κ2) is 9.02. The molecule has 1 aromatic heterocycles. The number of rotatable bonds is 9. The van der Waals surface area contributed by atoms with Gasteiger partial charge < -0.3 is 14.8 Å². The fraction of sp³-hybridized carbons (Fsp3) is 0.353. The third kappa shape index (κ3) is 5.72. The first-order chi connectivity index (χ1) is 12.3. The van der Waals surface area contributed by atoms with Crippen molar-refractivity contribution in [3.8, 4) is 11.5 Å². The minimum atomic E-state index is -3.20. The number of carbonyl (C=O) groups is 1. The van der Waals surface area contributed by atoms with Crippen molar-refractivity contribution < 1.29 is 22.7 Å². The minimum absolute atomic E-state index is 0.192. The number of methoxy groups -OCH3 is 2. The lowest BCUT2D eigenvalue weighted by Gasteiger charge is -2.12. The Bertz CT molecular complexity index is 862. The molecule has 9 heteroatoms. The fourth-order valence-electron chi connectivity index (χ4n) is 2.35. The van der Waals surface area contributed by atoms with Crippen LogP contribution in [0, 0.1) is 0 Å². The van der Waals surface area contributed by atoms with Crippen LogP contribution in [0.4, 0.5) is 0 Å². The number of benzene rings is 1. The smallest absolute Gasteiger partial charge is 0.261 e. The first-order valence-corrected chi connectivity index (χ1v) is 10.6. The van der Waals surface area contributed by atoms with Crippen molar-refractivity contribution >= 4 is 27.3 Å². The van der Waals surface area contributed by atoms with Crippen molar-refractivity contribution in [2.24, 2.45) is 0 Å². The van der Waals surface area contributed by atoms with Gasteiger partial charge in [-0.05, 0) is 24.6 Å². The zero-order chi connectivity index (χ0) is 19.2. The van der Waals surface area contributed by atoms with Crippen LogP contribution in [0.15, 0.2) is 30.3 Å². The van der Waals surface area contributed by atoms with Crippen molar-refractivity contribution in [1.82, 2.24) is 10.0 Å². The van der Waals surface area contributed by atoms with E-state index in [1.807, 2.05) is 18.2 Å². The van der Waals surface area contributed by atoms with E-state index in [9.17, 15) is 13.2 Å². The van der Waals surface area contributed by atoms with E-state index in [0.717, 1.165) is 16.7 Å². The largest absolute Gasteiger partial charge is 0.493 e. The van der Waals surface area contributed by atoms with E-state index in [2.05, 4.69) is 10.0 Å². The summed E-state index contributed by atoms with van der Waals surface area (Å²) in [6, 6.07) is 9.05. The predicted octanol–water partition coefficient (Wildman–Crippen LogP) is 1.79. The highest BCUT2D eigenvalue weighted by Crippen LogP contribution is 2.30. The van der Waals surface area contributed by atoms with E-state index in [4.69, 9.17) is 9.47 Å². The van der Waals surface area contributed by atoms with Crippen LogP contribution < -0.4 is 19.5 Å². The third-order valence-corrected chi connectivity index (χ3v) is 5.42. The van der Waals surface area contributed by atoms with Crippen molar-refractivity contribution in [3.63, 3.8) is 0 Å². The summed E-state index contributed by atoms with van der Waals surface area (Å²) in [5.74, 6) is 1.01. The zero-order valence-corrected chi connectivity index (χ0v) is 16.5. The van der Waals surface area contributed by atoms with E-state index in [0.29, 0.717) is 35.9 Å². The second-order valence-electron chi connectivity index (χ2n) is 5.52. The standard InChI is InChI=1S/C17H22N2O5S2/c1-23-14-6-4-5-12(16(14)24-2)11-18-17(20)15-8-7-13(25-15)9-10-19-26(3,21)22/h4-8,19H,9-11H2,1-3H3,(H,18,20). The van der Waals surface area contributed by atoms with Crippen LogP contribution in [0.5, 0.6) is 11.5 Å². The molecule has 2 aromatic rings. The van der Waals surface area contributed by atoms with Crippen LogP contribution >= 0.6 is 11.3 Å². The molecule has 7 nitrogen and oxygen atoms in total. The summed E-state index contributed by atoms with van der Waals surface area (Å²) in [5, 5.41) is 2.86. The van der Waals surface area contributed by atoms with E-state index in [1.165, 1.54) is 11.3 Å². The molecule has 2 N–H and O–H groups in total.